The van der Waals surface area contributed by atoms with Gasteiger partial charge in [-0.05, 0) is 36.8 Å². The van der Waals surface area contributed by atoms with Crippen LogP contribution in [-0.4, -0.2) is 26.4 Å². The standard InChI is InChI=1S/C33H24N4O3S2/c1-21-15-17-23(18-16-21)42(39,40)37-20-27(34-2)33(25-13-9-19-35-31(25)36(3)32(33)38)28(22-10-5-4-6-11-22)30-29(37)24-12-7-8-14-26(24)41-30/h4-20,28H,1,3H3/t28-,33-/m0/s1. The summed E-state index contributed by atoms with van der Waals surface area (Å²) in [7, 11) is -2.54. The number of thiophene rings is 1. The predicted molar refractivity (Wildman–Crippen MR) is 165 cm³/mol. The van der Waals surface area contributed by atoms with Crippen LogP contribution in [0.15, 0.2) is 114 Å². The topological polar surface area (TPSA) is 74.9 Å². The molecule has 0 radical (unpaired) electrons. The van der Waals surface area contributed by atoms with Gasteiger partial charge in [-0.15, -0.1) is 11.3 Å². The average Bonchev–Trinajstić information content (AvgIpc) is 3.43. The summed E-state index contributed by atoms with van der Waals surface area (Å²) in [5.74, 6) is -0.578. The smallest absolute Gasteiger partial charge is 0.267 e. The fraction of sp³-hybridized carbons (Fsp3) is 0.121. The molecule has 0 saturated carbocycles. The van der Waals surface area contributed by atoms with E-state index in [-0.39, 0.29) is 16.5 Å². The number of hydrogen-bond donors (Lipinski definition) is 0. The van der Waals surface area contributed by atoms with Gasteiger partial charge in [-0.2, -0.15) is 0 Å². The molecule has 0 bridgehead atoms. The van der Waals surface area contributed by atoms with Crippen molar-refractivity contribution in [3.8, 4) is 0 Å². The average molecular weight is 589 g/mol. The van der Waals surface area contributed by atoms with Crippen molar-refractivity contribution in [2.24, 2.45) is 0 Å². The molecule has 42 heavy (non-hydrogen) atoms. The number of carbonyl (C=O) groups is 1. The van der Waals surface area contributed by atoms with E-state index in [0.717, 1.165) is 21.2 Å². The number of fused-ring (bicyclic) bond motifs is 5. The van der Waals surface area contributed by atoms with Crippen molar-refractivity contribution in [3.63, 3.8) is 0 Å². The van der Waals surface area contributed by atoms with Crippen LogP contribution in [0.25, 0.3) is 14.9 Å². The van der Waals surface area contributed by atoms with Gasteiger partial charge in [0.15, 0.2) is 0 Å². The highest BCUT2D eigenvalue weighted by atomic mass is 32.2. The lowest BCUT2D eigenvalue weighted by atomic mass is 9.66. The molecule has 2 atom stereocenters. The molecule has 5 aromatic rings. The number of benzene rings is 3. The number of rotatable bonds is 3. The van der Waals surface area contributed by atoms with Crippen LogP contribution < -0.4 is 9.21 Å². The number of pyridine rings is 1. The van der Waals surface area contributed by atoms with Crippen LogP contribution in [0.4, 0.5) is 11.5 Å². The Hall–Kier alpha value is -4.78. The number of aryl methyl sites for hydroxylation is 1. The van der Waals surface area contributed by atoms with Gasteiger partial charge in [0.05, 0.1) is 17.2 Å². The Labute approximate surface area is 247 Å². The summed E-state index contributed by atoms with van der Waals surface area (Å²) in [5.41, 5.74) is 1.23. The largest absolute Gasteiger partial charge is 0.300 e. The number of sulfonamides is 1. The summed E-state index contributed by atoms with van der Waals surface area (Å²) in [6, 6.07) is 27.5. The van der Waals surface area contributed by atoms with Crippen LogP contribution >= 0.6 is 11.3 Å². The highest BCUT2D eigenvalue weighted by Gasteiger charge is 2.62. The second-order valence-corrected chi connectivity index (χ2v) is 13.3. The van der Waals surface area contributed by atoms with Crippen LogP contribution in [0.3, 0.4) is 0 Å². The fourth-order valence-electron chi connectivity index (χ4n) is 6.25. The van der Waals surface area contributed by atoms with Crippen LogP contribution in [0.5, 0.6) is 0 Å². The maximum absolute atomic E-state index is 14.7. The van der Waals surface area contributed by atoms with Crippen LogP contribution in [0, 0.1) is 13.5 Å². The molecule has 0 aliphatic carbocycles. The van der Waals surface area contributed by atoms with Crippen molar-refractivity contribution in [1.29, 1.82) is 0 Å². The number of carbonyl (C=O) groups excluding carboxylic acids is 1. The fourth-order valence-corrected chi connectivity index (χ4v) is 9.08. The molecule has 0 saturated heterocycles. The number of nitrogens with zero attached hydrogens (tertiary/aromatic N) is 4. The summed E-state index contributed by atoms with van der Waals surface area (Å²) in [6.07, 6.45) is 2.99. The molecule has 7 nitrogen and oxygen atoms in total. The molecule has 9 heteroatoms. The van der Waals surface area contributed by atoms with E-state index in [4.69, 9.17) is 6.57 Å². The van der Waals surface area contributed by atoms with E-state index < -0.39 is 21.4 Å². The molecular weight excluding hydrogens is 565 g/mol. The summed E-state index contributed by atoms with van der Waals surface area (Å²) < 4.78 is 31.2. The minimum atomic E-state index is -4.20. The Kier molecular flexibility index (Phi) is 5.84. The Bertz CT molecular complexity index is 2080. The quantitative estimate of drug-likeness (QED) is 0.222. The lowest BCUT2D eigenvalue weighted by molar-refractivity contribution is -0.122. The molecule has 206 valence electrons. The molecule has 2 aliphatic heterocycles. The van der Waals surface area contributed by atoms with Crippen molar-refractivity contribution in [2.75, 3.05) is 16.3 Å². The normalized spacial score (nSPS) is 19.8. The van der Waals surface area contributed by atoms with E-state index >= 15 is 0 Å². The Balaban J connectivity index is 1.67. The van der Waals surface area contributed by atoms with E-state index in [1.807, 2.05) is 67.6 Å². The second-order valence-electron chi connectivity index (χ2n) is 10.4. The SMILES string of the molecule is [C-]#[N+]C1=CN(S(=O)(=O)c2ccc(C)cc2)c2c(sc3ccccc23)[C@H](c2ccccc2)[C@@]12C(=O)N(C)c1ncccc12. The number of likely N-dealkylation sites (N-methyl/N-ethyl adjacent to an activating group) is 1. The van der Waals surface area contributed by atoms with Gasteiger partial charge in [-0.1, -0.05) is 72.3 Å². The first-order chi connectivity index (χ1) is 20.3. The minimum absolute atomic E-state index is 0.0168. The zero-order valence-electron chi connectivity index (χ0n) is 22.7. The lowest BCUT2D eigenvalue weighted by Gasteiger charge is -2.35. The zero-order valence-corrected chi connectivity index (χ0v) is 24.4. The van der Waals surface area contributed by atoms with Gasteiger partial charge in [0.1, 0.15) is 11.2 Å². The van der Waals surface area contributed by atoms with E-state index in [1.165, 1.54) is 26.7 Å². The number of amides is 1. The van der Waals surface area contributed by atoms with Crippen LogP contribution in [-0.2, 0) is 20.2 Å². The van der Waals surface area contributed by atoms with Crippen LogP contribution in [0.1, 0.15) is 27.5 Å². The number of anilines is 2. The van der Waals surface area contributed by atoms with E-state index in [2.05, 4.69) is 9.83 Å². The summed E-state index contributed by atoms with van der Waals surface area (Å²) >= 11 is 1.45. The predicted octanol–water partition coefficient (Wildman–Crippen LogP) is 6.62. The summed E-state index contributed by atoms with van der Waals surface area (Å²) in [6.45, 7) is 10.3. The van der Waals surface area contributed by atoms with Gasteiger partial charge < -0.3 is 0 Å². The van der Waals surface area contributed by atoms with Crippen molar-refractivity contribution < 1.29 is 13.2 Å². The molecule has 2 aromatic heterocycles. The molecule has 4 heterocycles. The van der Waals surface area contributed by atoms with Crippen molar-refractivity contribution in [3.05, 3.63) is 142 Å². The Morgan fingerprint density at radius 2 is 1.67 bits per heavy atom. The maximum atomic E-state index is 14.7. The van der Waals surface area contributed by atoms with Gasteiger partial charge in [0.2, 0.25) is 11.6 Å². The molecular formula is C33H24N4O3S2. The summed E-state index contributed by atoms with van der Waals surface area (Å²) in [4.78, 5) is 25.4. The van der Waals surface area contributed by atoms with Gasteiger partial charge >= 0.3 is 0 Å². The molecule has 7 rings (SSSR count). The summed E-state index contributed by atoms with van der Waals surface area (Å²) in [5, 5.41) is 0.733. The zero-order chi connectivity index (χ0) is 29.2. The van der Waals surface area contributed by atoms with E-state index in [1.54, 1.807) is 43.6 Å². The highest BCUT2D eigenvalue weighted by Crippen LogP contribution is 2.61. The van der Waals surface area contributed by atoms with Crippen molar-refractivity contribution in [2.45, 2.75) is 23.2 Å². The third kappa shape index (κ3) is 3.46. The molecule has 0 N–H and O–H groups in total. The monoisotopic (exact) mass is 588 g/mol. The molecule has 2 aliphatic rings. The Morgan fingerprint density at radius 3 is 2.40 bits per heavy atom. The van der Waals surface area contributed by atoms with Crippen molar-refractivity contribution in [1.82, 2.24) is 4.98 Å². The molecule has 3 aromatic carbocycles. The van der Waals surface area contributed by atoms with Crippen LogP contribution in [0.2, 0.25) is 0 Å². The number of hydrogen-bond acceptors (Lipinski definition) is 5. The van der Waals surface area contributed by atoms with Gasteiger partial charge in [0.25, 0.3) is 10.0 Å². The second kappa shape index (κ2) is 9.38. The van der Waals surface area contributed by atoms with E-state index in [9.17, 15) is 13.2 Å². The Morgan fingerprint density at radius 1 is 0.952 bits per heavy atom. The molecule has 0 fully saturated rings. The first-order valence-electron chi connectivity index (χ1n) is 13.3. The molecule has 0 unspecified atom stereocenters. The third-order valence-electron chi connectivity index (χ3n) is 8.16. The highest BCUT2D eigenvalue weighted by molar-refractivity contribution is 7.93. The third-order valence-corrected chi connectivity index (χ3v) is 11.1. The van der Waals surface area contributed by atoms with Crippen molar-refractivity contribution >= 4 is 48.9 Å². The molecule has 1 spiro atoms. The first-order valence-corrected chi connectivity index (χ1v) is 15.6. The van der Waals surface area contributed by atoms with Gasteiger partial charge in [-0.3, -0.25) is 14.0 Å². The minimum Gasteiger partial charge on any atom is -0.300 e. The van der Waals surface area contributed by atoms with Gasteiger partial charge in [0, 0.05) is 45.9 Å². The van der Waals surface area contributed by atoms with Gasteiger partial charge in [-0.25, -0.2) is 18.2 Å². The maximum Gasteiger partial charge on any atom is 0.267 e. The number of aromatic nitrogens is 1. The lowest BCUT2D eigenvalue weighted by Crippen LogP contribution is -2.44. The molecule has 1 amide bonds. The first kappa shape index (κ1) is 26.1. The van der Waals surface area contributed by atoms with E-state index in [0.29, 0.717) is 21.9 Å².